The molecule has 1 heterocycles. The normalized spacial score (nSPS) is 23.5. The molecule has 2 atom stereocenters. The highest BCUT2D eigenvalue weighted by atomic mass is 14.7. The summed E-state index contributed by atoms with van der Waals surface area (Å²) in [6, 6.07) is 0. The first kappa shape index (κ1) is 14.9. The second-order valence-electron chi connectivity index (χ2n) is 5.42. The van der Waals surface area contributed by atoms with Crippen molar-refractivity contribution < 1.29 is 0 Å². The van der Waals surface area contributed by atoms with E-state index in [2.05, 4.69) is 59.5 Å². The Morgan fingerprint density at radius 2 is 2.06 bits per heavy atom. The topological polar surface area (TPSA) is 12.4 Å². The molecule has 0 aromatic carbocycles. The molecule has 1 aliphatic heterocycles. The third-order valence-electron chi connectivity index (χ3n) is 4.23. The Labute approximate surface area is 112 Å². The molecule has 1 aliphatic rings. The van der Waals surface area contributed by atoms with E-state index >= 15 is 0 Å². The second kappa shape index (κ2) is 6.17. The molecule has 0 bridgehead atoms. The Kier molecular flexibility index (Phi) is 5.13. The fraction of sp³-hybridized carbons (Fsp3) is 0.588. The van der Waals surface area contributed by atoms with Gasteiger partial charge in [-0.3, -0.25) is 4.99 Å². The van der Waals surface area contributed by atoms with Gasteiger partial charge in [0.2, 0.25) is 0 Å². The van der Waals surface area contributed by atoms with E-state index in [0.29, 0.717) is 11.8 Å². The third-order valence-corrected chi connectivity index (χ3v) is 4.23. The molecule has 0 saturated heterocycles. The lowest BCUT2D eigenvalue weighted by Gasteiger charge is -2.25. The molecule has 1 nitrogen and oxygen atoms in total. The van der Waals surface area contributed by atoms with Crippen molar-refractivity contribution in [2.24, 2.45) is 16.8 Å². The van der Waals surface area contributed by atoms with Crippen molar-refractivity contribution in [3.05, 3.63) is 34.6 Å². The molecule has 0 saturated carbocycles. The lowest BCUT2D eigenvalue weighted by molar-refractivity contribution is 0.577. The van der Waals surface area contributed by atoms with E-state index in [9.17, 15) is 0 Å². The number of hydrogen-bond donors (Lipinski definition) is 0. The fourth-order valence-electron chi connectivity index (χ4n) is 2.60. The smallest absolute Gasteiger partial charge is 0.0447 e. The summed E-state index contributed by atoms with van der Waals surface area (Å²) in [5.74, 6) is 1.10. The van der Waals surface area contributed by atoms with Crippen LogP contribution in [0.3, 0.4) is 0 Å². The van der Waals surface area contributed by atoms with Crippen molar-refractivity contribution in [2.45, 2.75) is 54.9 Å². The Balaban J connectivity index is 3.51. The molecule has 1 heteroatoms. The summed E-state index contributed by atoms with van der Waals surface area (Å²) in [5, 5.41) is 0. The molecule has 0 aromatic rings. The van der Waals surface area contributed by atoms with Crippen LogP contribution in [-0.2, 0) is 0 Å². The molecule has 0 amide bonds. The van der Waals surface area contributed by atoms with Gasteiger partial charge in [0.15, 0.2) is 0 Å². The molecule has 0 N–H and O–H groups in total. The highest BCUT2D eigenvalue weighted by Crippen LogP contribution is 2.35. The van der Waals surface area contributed by atoms with Crippen LogP contribution in [0.1, 0.15) is 54.9 Å². The third kappa shape index (κ3) is 2.82. The number of nitrogens with zero attached hydrogens (tertiary/aromatic N) is 1. The first-order valence-corrected chi connectivity index (χ1v) is 7.02. The molecular formula is C17H27N. The van der Waals surface area contributed by atoms with Gasteiger partial charge in [-0.05, 0) is 56.8 Å². The minimum atomic E-state index is 0.492. The van der Waals surface area contributed by atoms with Gasteiger partial charge >= 0.3 is 0 Å². The second-order valence-corrected chi connectivity index (χ2v) is 5.42. The number of allylic oxidation sites excluding steroid dienone is 5. The average Bonchev–Trinajstić information content (AvgIpc) is 2.48. The highest BCUT2D eigenvalue weighted by molar-refractivity contribution is 6.03. The average molecular weight is 245 g/mol. The number of aliphatic imine (C=N–C) groups is 1. The lowest BCUT2D eigenvalue weighted by atomic mass is 9.79. The van der Waals surface area contributed by atoms with E-state index in [4.69, 9.17) is 0 Å². The van der Waals surface area contributed by atoms with Crippen molar-refractivity contribution in [1.82, 2.24) is 0 Å². The zero-order chi connectivity index (χ0) is 13.9. The maximum atomic E-state index is 4.63. The standard InChI is InChI=1S/C17H27N/c1-8-11(3)16-14(6)13(5)10-18-15(7)17(16)12(4)9-2/h9-11,14H,8H2,1-7H3/b12-9-. The van der Waals surface area contributed by atoms with Crippen molar-refractivity contribution in [3.63, 3.8) is 0 Å². The largest absolute Gasteiger partial charge is 0.261 e. The Morgan fingerprint density at radius 1 is 1.44 bits per heavy atom. The first-order chi connectivity index (χ1) is 8.43. The molecule has 1 rings (SSSR count). The molecule has 100 valence electrons. The summed E-state index contributed by atoms with van der Waals surface area (Å²) in [6.07, 6.45) is 5.42. The number of hydrogen-bond acceptors (Lipinski definition) is 1. The van der Waals surface area contributed by atoms with Gasteiger partial charge < -0.3 is 0 Å². The van der Waals surface area contributed by atoms with Gasteiger partial charge in [0.05, 0.1) is 0 Å². The summed E-state index contributed by atoms with van der Waals surface area (Å²) in [4.78, 5) is 4.63. The van der Waals surface area contributed by atoms with Crippen LogP contribution in [0.25, 0.3) is 0 Å². The van der Waals surface area contributed by atoms with Crippen LogP contribution in [0, 0.1) is 11.8 Å². The molecule has 2 unspecified atom stereocenters. The Hall–Kier alpha value is -1.11. The van der Waals surface area contributed by atoms with E-state index in [1.165, 1.54) is 23.1 Å². The van der Waals surface area contributed by atoms with Gasteiger partial charge in [-0.15, -0.1) is 0 Å². The van der Waals surface area contributed by atoms with E-state index in [0.717, 1.165) is 5.71 Å². The summed E-state index contributed by atoms with van der Waals surface area (Å²) < 4.78 is 0. The van der Waals surface area contributed by atoms with Crippen LogP contribution in [0.5, 0.6) is 0 Å². The van der Waals surface area contributed by atoms with Crippen LogP contribution in [-0.4, -0.2) is 5.71 Å². The predicted octanol–water partition coefficient (Wildman–Crippen LogP) is 5.31. The summed E-state index contributed by atoms with van der Waals surface area (Å²) in [7, 11) is 0. The molecule has 0 spiro atoms. The quantitative estimate of drug-likeness (QED) is 0.639. The van der Waals surface area contributed by atoms with Crippen LogP contribution >= 0.6 is 0 Å². The molecular weight excluding hydrogens is 218 g/mol. The minimum Gasteiger partial charge on any atom is -0.261 e. The summed E-state index contributed by atoms with van der Waals surface area (Å²) in [5.41, 5.74) is 6.81. The highest BCUT2D eigenvalue weighted by Gasteiger charge is 2.24. The summed E-state index contributed by atoms with van der Waals surface area (Å²) in [6.45, 7) is 15.5. The van der Waals surface area contributed by atoms with E-state index in [-0.39, 0.29) is 0 Å². The zero-order valence-electron chi connectivity index (χ0n) is 13.0. The van der Waals surface area contributed by atoms with E-state index in [1.807, 2.05) is 6.20 Å². The van der Waals surface area contributed by atoms with Gasteiger partial charge in [-0.2, -0.15) is 0 Å². The lowest BCUT2D eigenvalue weighted by Crippen LogP contribution is -2.15. The van der Waals surface area contributed by atoms with Crippen LogP contribution in [0.4, 0.5) is 0 Å². The Morgan fingerprint density at radius 3 is 2.56 bits per heavy atom. The van der Waals surface area contributed by atoms with Gasteiger partial charge in [0.25, 0.3) is 0 Å². The van der Waals surface area contributed by atoms with Crippen molar-refractivity contribution in [1.29, 1.82) is 0 Å². The van der Waals surface area contributed by atoms with Crippen molar-refractivity contribution in [2.75, 3.05) is 0 Å². The SMILES string of the molecule is C/C=C(/C)C1=C(C(C)CC)C(C)C(C)=CN=C1C. The maximum Gasteiger partial charge on any atom is 0.0447 e. The van der Waals surface area contributed by atoms with Crippen LogP contribution in [0.15, 0.2) is 39.6 Å². The maximum absolute atomic E-state index is 4.63. The molecule has 0 aromatic heterocycles. The van der Waals surface area contributed by atoms with E-state index < -0.39 is 0 Å². The Bertz CT molecular complexity index is 433. The molecule has 18 heavy (non-hydrogen) atoms. The van der Waals surface area contributed by atoms with Gasteiger partial charge in [0.1, 0.15) is 0 Å². The predicted molar refractivity (Wildman–Crippen MR) is 81.9 cm³/mol. The molecule has 0 aliphatic carbocycles. The molecule has 0 radical (unpaired) electrons. The van der Waals surface area contributed by atoms with Crippen LogP contribution < -0.4 is 0 Å². The molecule has 0 fully saturated rings. The van der Waals surface area contributed by atoms with Crippen molar-refractivity contribution >= 4 is 5.71 Å². The van der Waals surface area contributed by atoms with E-state index in [1.54, 1.807) is 5.57 Å². The first-order valence-electron chi connectivity index (χ1n) is 7.02. The van der Waals surface area contributed by atoms with Gasteiger partial charge in [-0.25, -0.2) is 0 Å². The monoisotopic (exact) mass is 245 g/mol. The van der Waals surface area contributed by atoms with Gasteiger partial charge in [-0.1, -0.05) is 32.4 Å². The van der Waals surface area contributed by atoms with Crippen molar-refractivity contribution in [3.8, 4) is 0 Å². The van der Waals surface area contributed by atoms with Crippen LogP contribution in [0.2, 0.25) is 0 Å². The minimum absolute atomic E-state index is 0.492. The zero-order valence-corrected chi connectivity index (χ0v) is 13.0. The summed E-state index contributed by atoms with van der Waals surface area (Å²) >= 11 is 0. The fourth-order valence-corrected chi connectivity index (χ4v) is 2.60. The number of rotatable bonds is 3. The van der Waals surface area contributed by atoms with Gasteiger partial charge in [0, 0.05) is 17.8 Å².